The summed E-state index contributed by atoms with van der Waals surface area (Å²) in [5.74, 6) is -1.24. The van der Waals surface area contributed by atoms with Crippen LogP contribution in [-0.2, 0) is 4.79 Å². The molecule has 0 saturated heterocycles. The Morgan fingerprint density at radius 3 is 1.94 bits per heavy atom. The van der Waals surface area contributed by atoms with Gasteiger partial charge in [-0.15, -0.1) is 0 Å². The molecule has 2 aromatic carbocycles. The molecule has 18 heavy (non-hydrogen) atoms. The second kappa shape index (κ2) is 5.27. The molecule has 0 fully saturated rings. The average molecular weight is 242 g/mol. The normalized spacial score (nSPS) is 10.7. The molecule has 0 aromatic heterocycles. The van der Waals surface area contributed by atoms with E-state index in [1.54, 1.807) is 12.1 Å². The Balaban J connectivity index is 2.22. The van der Waals surface area contributed by atoms with Crippen molar-refractivity contribution in [2.45, 2.75) is 0 Å². The Hall–Kier alpha value is -2.42. The highest BCUT2D eigenvalue weighted by Gasteiger charge is 1.98. The molecule has 0 unspecified atom stereocenters. The summed E-state index contributed by atoms with van der Waals surface area (Å²) in [5.41, 5.74) is 2.69. The molecular weight excluding hydrogens is 231 g/mol. The van der Waals surface area contributed by atoms with Gasteiger partial charge in [-0.3, -0.25) is 0 Å². The number of carboxylic acid groups (broad SMARTS) is 1. The van der Waals surface area contributed by atoms with Gasteiger partial charge in [0.1, 0.15) is 5.82 Å². The van der Waals surface area contributed by atoms with E-state index in [1.807, 2.05) is 24.3 Å². The molecule has 3 heteroatoms. The second-order valence-corrected chi connectivity index (χ2v) is 3.80. The first kappa shape index (κ1) is 12.0. The van der Waals surface area contributed by atoms with Gasteiger partial charge in [-0.1, -0.05) is 36.4 Å². The van der Waals surface area contributed by atoms with Crippen LogP contribution in [-0.4, -0.2) is 11.1 Å². The summed E-state index contributed by atoms with van der Waals surface area (Å²) in [6, 6.07) is 13.6. The van der Waals surface area contributed by atoms with E-state index in [0.717, 1.165) is 22.8 Å². The third-order valence-corrected chi connectivity index (χ3v) is 2.51. The van der Waals surface area contributed by atoms with Crippen LogP contribution in [0.3, 0.4) is 0 Å². The van der Waals surface area contributed by atoms with Crippen LogP contribution in [0.5, 0.6) is 0 Å². The molecule has 0 amide bonds. The first-order valence-corrected chi connectivity index (χ1v) is 5.42. The summed E-state index contributed by atoms with van der Waals surface area (Å²) in [7, 11) is 0. The van der Waals surface area contributed by atoms with Crippen LogP contribution in [0.2, 0.25) is 0 Å². The maximum absolute atomic E-state index is 12.8. The van der Waals surface area contributed by atoms with E-state index in [4.69, 9.17) is 5.11 Å². The number of aliphatic carboxylic acids is 1. The molecule has 0 aliphatic rings. The molecule has 0 atom stereocenters. The van der Waals surface area contributed by atoms with E-state index in [0.29, 0.717) is 0 Å². The van der Waals surface area contributed by atoms with Crippen LogP contribution in [0.25, 0.3) is 17.2 Å². The lowest BCUT2D eigenvalue weighted by Gasteiger charge is -2.02. The summed E-state index contributed by atoms with van der Waals surface area (Å²) < 4.78 is 12.8. The van der Waals surface area contributed by atoms with E-state index in [-0.39, 0.29) is 5.82 Å². The number of carbonyl (C=O) groups is 1. The smallest absolute Gasteiger partial charge is 0.328 e. The van der Waals surface area contributed by atoms with Crippen molar-refractivity contribution in [3.8, 4) is 11.1 Å². The largest absolute Gasteiger partial charge is 0.478 e. The lowest BCUT2D eigenvalue weighted by molar-refractivity contribution is -0.131. The molecule has 2 rings (SSSR count). The minimum atomic E-state index is -0.974. The molecule has 2 nitrogen and oxygen atoms in total. The van der Waals surface area contributed by atoms with Crippen LogP contribution < -0.4 is 0 Å². The lowest BCUT2D eigenvalue weighted by atomic mass is 10.0. The van der Waals surface area contributed by atoms with Crippen molar-refractivity contribution < 1.29 is 14.3 Å². The van der Waals surface area contributed by atoms with Gasteiger partial charge in [-0.25, -0.2) is 9.18 Å². The van der Waals surface area contributed by atoms with Gasteiger partial charge in [-0.2, -0.15) is 0 Å². The number of carboxylic acids is 1. The van der Waals surface area contributed by atoms with Gasteiger partial charge in [-0.05, 0) is 34.9 Å². The van der Waals surface area contributed by atoms with E-state index in [9.17, 15) is 9.18 Å². The monoisotopic (exact) mass is 242 g/mol. The van der Waals surface area contributed by atoms with Crippen molar-refractivity contribution in [1.29, 1.82) is 0 Å². The molecular formula is C15H11FO2. The SMILES string of the molecule is O=C(O)C=Cc1ccc(-c2ccc(F)cc2)cc1. The van der Waals surface area contributed by atoms with E-state index in [1.165, 1.54) is 18.2 Å². The van der Waals surface area contributed by atoms with Crippen LogP contribution >= 0.6 is 0 Å². The quantitative estimate of drug-likeness (QED) is 0.835. The molecule has 90 valence electrons. The number of benzene rings is 2. The predicted octanol–water partition coefficient (Wildman–Crippen LogP) is 3.59. The summed E-state index contributed by atoms with van der Waals surface area (Å²) in [5, 5.41) is 8.51. The van der Waals surface area contributed by atoms with Gasteiger partial charge in [0.2, 0.25) is 0 Å². The number of halogens is 1. The summed E-state index contributed by atoms with van der Waals surface area (Å²) >= 11 is 0. The average Bonchev–Trinajstić information content (AvgIpc) is 2.38. The Bertz CT molecular complexity index is 568. The fourth-order valence-corrected chi connectivity index (χ4v) is 1.60. The van der Waals surface area contributed by atoms with Crippen molar-refractivity contribution >= 4 is 12.0 Å². The molecule has 0 aliphatic heterocycles. The summed E-state index contributed by atoms with van der Waals surface area (Å²) in [6.07, 6.45) is 2.61. The first-order chi connectivity index (χ1) is 8.65. The Morgan fingerprint density at radius 1 is 0.944 bits per heavy atom. The maximum atomic E-state index is 12.8. The van der Waals surface area contributed by atoms with Crippen molar-refractivity contribution in [3.63, 3.8) is 0 Å². The summed E-state index contributed by atoms with van der Waals surface area (Å²) in [4.78, 5) is 10.4. The van der Waals surface area contributed by atoms with Gasteiger partial charge < -0.3 is 5.11 Å². The molecule has 0 spiro atoms. The third kappa shape index (κ3) is 3.04. The van der Waals surface area contributed by atoms with Crippen molar-refractivity contribution in [3.05, 3.63) is 66.0 Å². The zero-order chi connectivity index (χ0) is 13.0. The Kier molecular flexibility index (Phi) is 3.53. The molecule has 0 saturated carbocycles. The zero-order valence-corrected chi connectivity index (χ0v) is 9.51. The number of rotatable bonds is 3. The van der Waals surface area contributed by atoms with Crippen molar-refractivity contribution in [1.82, 2.24) is 0 Å². The van der Waals surface area contributed by atoms with Crippen LogP contribution in [0.15, 0.2) is 54.6 Å². The minimum absolute atomic E-state index is 0.264. The van der Waals surface area contributed by atoms with Gasteiger partial charge in [0.05, 0.1) is 0 Å². The highest BCUT2D eigenvalue weighted by atomic mass is 19.1. The summed E-state index contributed by atoms with van der Waals surface area (Å²) in [6.45, 7) is 0. The molecule has 0 heterocycles. The lowest BCUT2D eigenvalue weighted by Crippen LogP contribution is -1.85. The Labute approximate surface area is 104 Å². The fraction of sp³-hybridized carbons (Fsp3) is 0. The van der Waals surface area contributed by atoms with Gasteiger partial charge in [0.15, 0.2) is 0 Å². The maximum Gasteiger partial charge on any atom is 0.328 e. The molecule has 0 bridgehead atoms. The molecule has 2 aromatic rings. The third-order valence-electron chi connectivity index (χ3n) is 2.51. The zero-order valence-electron chi connectivity index (χ0n) is 9.51. The van der Waals surface area contributed by atoms with E-state index in [2.05, 4.69) is 0 Å². The predicted molar refractivity (Wildman–Crippen MR) is 68.5 cm³/mol. The van der Waals surface area contributed by atoms with Crippen LogP contribution in [0.4, 0.5) is 4.39 Å². The highest BCUT2D eigenvalue weighted by molar-refractivity contribution is 5.85. The van der Waals surface area contributed by atoms with Crippen molar-refractivity contribution in [2.24, 2.45) is 0 Å². The number of hydrogen-bond donors (Lipinski definition) is 1. The van der Waals surface area contributed by atoms with Crippen LogP contribution in [0, 0.1) is 5.82 Å². The molecule has 0 radical (unpaired) electrons. The van der Waals surface area contributed by atoms with Gasteiger partial charge >= 0.3 is 5.97 Å². The van der Waals surface area contributed by atoms with Crippen molar-refractivity contribution in [2.75, 3.05) is 0 Å². The van der Waals surface area contributed by atoms with E-state index < -0.39 is 5.97 Å². The van der Waals surface area contributed by atoms with E-state index >= 15 is 0 Å². The standard InChI is InChI=1S/C15H11FO2/c16-14-8-6-13(7-9-14)12-4-1-11(2-5-12)3-10-15(17)18/h1-10H,(H,17,18). The molecule has 0 aliphatic carbocycles. The van der Waals surface area contributed by atoms with Gasteiger partial charge in [0.25, 0.3) is 0 Å². The topological polar surface area (TPSA) is 37.3 Å². The second-order valence-electron chi connectivity index (χ2n) is 3.80. The highest BCUT2D eigenvalue weighted by Crippen LogP contribution is 2.20. The van der Waals surface area contributed by atoms with Gasteiger partial charge in [0, 0.05) is 6.08 Å². The van der Waals surface area contributed by atoms with Crippen LogP contribution in [0.1, 0.15) is 5.56 Å². The first-order valence-electron chi connectivity index (χ1n) is 5.42. The molecule has 1 N–H and O–H groups in total. The minimum Gasteiger partial charge on any atom is -0.478 e. The fourth-order valence-electron chi connectivity index (χ4n) is 1.60. The number of hydrogen-bond acceptors (Lipinski definition) is 1. The Morgan fingerprint density at radius 2 is 1.44 bits per heavy atom.